The first kappa shape index (κ1) is 11.7. The maximum atomic E-state index is 11.5. The molecule has 0 radical (unpaired) electrons. The molecular formula is C13H13N5O. The van der Waals surface area contributed by atoms with Gasteiger partial charge in [0.1, 0.15) is 5.84 Å². The zero-order valence-corrected chi connectivity index (χ0v) is 10.3. The number of amides is 1. The lowest BCUT2D eigenvalue weighted by atomic mass is 10.1. The number of fused-ring (bicyclic) bond motifs is 1. The molecule has 1 aromatic rings. The molecule has 0 aromatic heterocycles. The highest BCUT2D eigenvalue weighted by Crippen LogP contribution is 2.15. The highest BCUT2D eigenvalue weighted by Gasteiger charge is 2.32. The lowest BCUT2D eigenvalue weighted by molar-refractivity contribution is -0.121. The predicted octanol–water partition coefficient (Wildman–Crippen LogP) is 1.69. The van der Waals surface area contributed by atoms with Gasteiger partial charge in [-0.3, -0.25) is 4.79 Å². The van der Waals surface area contributed by atoms with E-state index in [0.29, 0.717) is 11.7 Å². The molecule has 1 amide bonds. The molecule has 2 aliphatic rings. The molecule has 19 heavy (non-hydrogen) atoms. The summed E-state index contributed by atoms with van der Waals surface area (Å²) in [4.78, 5) is 20.0. The predicted molar refractivity (Wildman–Crippen MR) is 71.0 cm³/mol. The third kappa shape index (κ3) is 2.57. The lowest BCUT2D eigenvalue weighted by Crippen LogP contribution is -2.37. The number of nitrogens with one attached hydrogen (secondary N) is 1. The molecule has 0 saturated heterocycles. The minimum atomic E-state index is -0.593. The number of nitrogens with zero attached hydrogens (tertiary/aromatic N) is 4. The van der Waals surface area contributed by atoms with E-state index in [-0.39, 0.29) is 5.91 Å². The van der Waals surface area contributed by atoms with Gasteiger partial charge in [0.2, 0.25) is 0 Å². The maximum absolute atomic E-state index is 11.5. The highest BCUT2D eigenvalue weighted by molar-refractivity contribution is 6.16. The van der Waals surface area contributed by atoms with Crippen molar-refractivity contribution in [2.45, 2.75) is 25.3 Å². The summed E-state index contributed by atoms with van der Waals surface area (Å²) in [6.07, 6.45) is 2.67. The first-order valence-corrected chi connectivity index (χ1v) is 6.23. The Bertz CT molecular complexity index is 576. The molecule has 6 nitrogen and oxygen atoms in total. The molecular weight excluding hydrogens is 242 g/mol. The van der Waals surface area contributed by atoms with Crippen LogP contribution in [-0.2, 0) is 11.2 Å². The summed E-state index contributed by atoms with van der Waals surface area (Å²) in [5.41, 5.74) is 3.58. The van der Waals surface area contributed by atoms with Crippen LogP contribution in [0.1, 0.15) is 18.4 Å². The van der Waals surface area contributed by atoms with Crippen LogP contribution in [0.2, 0.25) is 0 Å². The van der Waals surface area contributed by atoms with Gasteiger partial charge in [-0.25, -0.2) is 15.4 Å². The van der Waals surface area contributed by atoms with E-state index < -0.39 is 6.04 Å². The van der Waals surface area contributed by atoms with E-state index in [1.54, 1.807) is 0 Å². The first-order valence-electron chi connectivity index (χ1n) is 6.23. The summed E-state index contributed by atoms with van der Waals surface area (Å²) < 4.78 is 0. The molecule has 0 fully saturated rings. The largest absolute Gasteiger partial charge is 0.274 e. The molecule has 6 heteroatoms. The van der Waals surface area contributed by atoms with E-state index in [4.69, 9.17) is 0 Å². The van der Waals surface area contributed by atoms with E-state index in [2.05, 4.69) is 37.9 Å². The van der Waals surface area contributed by atoms with E-state index in [1.807, 2.05) is 18.2 Å². The first-order chi connectivity index (χ1) is 9.33. The molecule has 2 aliphatic heterocycles. The fourth-order valence-corrected chi connectivity index (χ4v) is 2.08. The summed E-state index contributed by atoms with van der Waals surface area (Å²) >= 11 is 0. The van der Waals surface area contributed by atoms with Gasteiger partial charge in [0, 0.05) is 6.42 Å². The van der Waals surface area contributed by atoms with Crippen LogP contribution in [0, 0.1) is 0 Å². The quantitative estimate of drug-likeness (QED) is 0.872. The standard InChI is InChI=1S/C13H13N5O/c19-13-11-12(16-18-17-13)15-10(14-11)8-4-7-9-5-2-1-3-6-9/h1-3,5-6,11H,4,7-8H2,(H,14,15,16,17,19). The van der Waals surface area contributed by atoms with Crippen molar-refractivity contribution >= 4 is 17.6 Å². The molecule has 3 rings (SSSR count). The lowest BCUT2D eigenvalue weighted by Gasteiger charge is -2.07. The van der Waals surface area contributed by atoms with Crippen LogP contribution < -0.4 is 5.43 Å². The van der Waals surface area contributed by atoms with E-state index in [0.717, 1.165) is 19.3 Å². The number of carbonyl (C=O) groups is 1. The van der Waals surface area contributed by atoms with Crippen molar-refractivity contribution in [1.29, 1.82) is 0 Å². The number of carbonyl (C=O) groups excluding carboxylic acids is 1. The third-order valence-electron chi connectivity index (χ3n) is 3.04. The molecule has 0 bridgehead atoms. The molecule has 0 aliphatic carbocycles. The number of rotatable bonds is 4. The summed E-state index contributed by atoms with van der Waals surface area (Å²) in [5, 5.41) is 7.27. The minimum absolute atomic E-state index is 0.258. The van der Waals surface area contributed by atoms with Gasteiger partial charge >= 0.3 is 0 Å². The maximum Gasteiger partial charge on any atom is 0.274 e. The average molecular weight is 255 g/mol. The second kappa shape index (κ2) is 5.09. The number of aryl methyl sites for hydroxylation is 1. The van der Waals surface area contributed by atoms with Gasteiger partial charge in [0.15, 0.2) is 11.9 Å². The Balaban J connectivity index is 1.57. The van der Waals surface area contributed by atoms with Crippen LogP contribution in [0.5, 0.6) is 0 Å². The Kier molecular flexibility index (Phi) is 3.14. The Morgan fingerprint density at radius 1 is 1.16 bits per heavy atom. The van der Waals surface area contributed by atoms with Gasteiger partial charge in [-0.05, 0) is 18.4 Å². The van der Waals surface area contributed by atoms with Crippen molar-refractivity contribution in [3.63, 3.8) is 0 Å². The molecule has 1 N–H and O–H groups in total. The Morgan fingerprint density at radius 3 is 2.79 bits per heavy atom. The molecule has 0 saturated carbocycles. The zero-order chi connectivity index (χ0) is 13.1. The highest BCUT2D eigenvalue weighted by atomic mass is 16.2. The van der Waals surface area contributed by atoms with Gasteiger partial charge < -0.3 is 0 Å². The van der Waals surface area contributed by atoms with Crippen molar-refractivity contribution in [3.8, 4) is 0 Å². The van der Waals surface area contributed by atoms with E-state index in [9.17, 15) is 4.79 Å². The smallest absolute Gasteiger partial charge is 0.270 e. The third-order valence-corrected chi connectivity index (χ3v) is 3.04. The van der Waals surface area contributed by atoms with Crippen LogP contribution in [-0.4, -0.2) is 23.6 Å². The number of hydrogen-bond acceptors (Lipinski definition) is 5. The second-order valence-electron chi connectivity index (χ2n) is 4.43. The number of aliphatic imine (C=N–C) groups is 2. The van der Waals surface area contributed by atoms with Gasteiger partial charge in [0.25, 0.3) is 5.91 Å². The van der Waals surface area contributed by atoms with Crippen molar-refractivity contribution < 1.29 is 4.79 Å². The Hall–Kier alpha value is -2.37. The van der Waals surface area contributed by atoms with E-state index in [1.165, 1.54) is 5.56 Å². The molecule has 1 aromatic carbocycles. The normalized spacial score (nSPS) is 20.6. The fourth-order valence-electron chi connectivity index (χ4n) is 2.08. The molecule has 1 unspecified atom stereocenters. The molecule has 2 heterocycles. The molecule has 0 spiro atoms. The van der Waals surface area contributed by atoms with Crippen LogP contribution >= 0.6 is 0 Å². The van der Waals surface area contributed by atoms with Crippen molar-refractivity contribution in [2.24, 2.45) is 20.3 Å². The molecule has 96 valence electrons. The van der Waals surface area contributed by atoms with Gasteiger partial charge in [0.05, 0.1) is 0 Å². The molecule has 1 atom stereocenters. The van der Waals surface area contributed by atoms with Crippen LogP contribution in [0.15, 0.2) is 50.7 Å². The number of hydrogen-bond donors (Lipinski definition) is 1. The van der Waals surface area contributed by atoms with Crippen molar-refractivity contribution in [2.75, 3.05) is 0 Å². The monoisotopic (exact) mass is 255 g/mol. The minimum Gasteiger partial charge on any atom is -0.270 e. The Morgan fingerprint density at radius 2 is 2.00 bits per heavy atom. The second-order valence-corrected chi connectivity index (χ2v) is 4.43. The van der Waals surface area contributed by atoms with Crippen molar-refractivity contribution in [3.05, 3.63) is 35.9 Å². The topological polar surface area (TPSA) is 78.5 Å². The zero-order valence-electron chi connectivity index (χ0n) is 10.3. The number of amidine groups is 2. The van der Waals surface area contributed by atoms with Gasteiger partial charge in [-0.15, -0.1) is 5.11 Å². The SMILES string of the molecule is O=C1NN=NC2=NC(CCCc3ccccc3)=NC12. The average Bonchev–Trinajstić information content (AvgIpc) is 2.84. The summed E-state index contributed by atoms with van der Waals surface area (Å²) in [7, 11) is 0. The number of benzene rings is 1. The summed E-state index contributed by atoms with van der Waals surface area (Å²) in [6.45, 7) is 0. The Labute approximate surface area is 110 Å². The summed E-state index contributed by atoms with van der Waals surface area (Å²) in [5.74, 6) is 0.831. The van der Waals surface area contributed by atoms with Crippen LogP contribution in [0.25, 0.3) is 0 Å². The van der Waals surface area contributed by atoms with Gasteiger partial charge in [-0.2, -0.15) is 0 Å². The fraction of sp³-hybridized carbons (Fsp3) is 0.308. The van der Waals surface area contributed by atoms with Crippen LogP contribution in [0.3, 0.4) is 0 Å². The van der Waals surface area contributed by atoms with Crippen LogP contribution in [0.4, 0.5) is 0 Å². The summed E-state index contributed by atoms with van der Waals surface area (Å²) in [6, 6.07) is 9.67. The van der Waals surface area contributed by atoms with Gasteiger partial charge in [-0.1, -0.05) is 35.6 Å². The van der Waals surface area contributed by atoms with Crippen molar-refractivity contribution in [1.82, 2.24) is 5.43 Å². The van der Waals surface area contributed by atoms with E-state index >= 15 is 0 Å².